The predicted octanol–water partition coefficient (Wildman–Crippen LogP) is 3.51. The van der Waals surface area contributed by atoms with Crippen molar-refractivity contribution in [3.63, 3.8) is 0 Å². The normalized spacial score (nSPS) is 11.1. The first-order chi connectivity index (χ1) is 15.8. The van der Waals surface area contributed by atoms with Crippen molar-refractivity contribution in [1.82, 2.24) is 14.0 Å². The second-order valence-electron chi connectivity index (χ2n) is 7.50. The average Bonchev–Trinajstić information content (AvgIpc) is 3.08. The fraction of sp³-hybridized carbons (Fsp3) is 0.348. The number of para-hydroxylation sites is 2. The van der Waals surface area contributed by atoms with E-state index in [1.54, 1.807) is 10.6 Å². The van der Waals surface area contributed by atoms with Gasteiger partial charge in [0.2, 0.25) is 11.8 Å². The number of nitrogens with one attached hydrogen (secondary N) is 1. The summed E-state index contributed by atoms with van der Waals surface area (Å²) in [5, 5.41) is 2.17. The van der Waals surface area contributed by atoms with Gasteiger partial charge in [-0.25, -0.2) is 18.0 Å². The first kappa shape index (κ1) is 24.1. The first-order valence-corrected chi connectivity index (χ1v) is 10.7. The van der Waals surface area contributed by atoms with Crippen LogP contribution in [0.5, 0.6) is 0 Å². The molecule has 0 bridgehead atoms. The number of anilines is 1. The van der Waals surface area contributed by atoms with Crippen molar-refractivity contribution in [1.29, 1.82) is 0 Å². The number of rotatable bonds is 9. The molecule has 7 nitrogen and oxygen atoms in total. The van der Waals surface area contributed by atoms with Gasteiger partial charge in [-0.3, -0.25) is 18.7 Å². The maximum atomic E-state index is 13.8. The van der Waals surface area contributed by atoms with Crippen LogP contribution in [0.4, 0.5) is 18.9 Å². The molecule has 0 aliphatic heterocycles. The molecular formula is C23H25F3N4O3. The number of aromatic nitrogens is 2. The van der Waals surface area contributed by atoms with Gasteiger partial charge in [0.15, 0.2) is 17.5 Å². The molecular weight excluding hydrogens is 437 g/mol. The number of carbonyl (C=O) groups excluding carboxylic acids is 2. The molecule has 176 valence electrons. The van der Waals surface area contributed by atoms with Crippen molar-refractivity contribution in [2.75, 3.05) is 18.4 Å². The number of amides is 2. The fourth-order valence-corrected chi connectivity index (χ4v) is 3.71. The van der Waals surface area contributed by atoms with Gasteiger partial charge in [0.25, 0.3) is 0 Å². The van der Waals surface area contributed by atoms with Gasteiger partial charge in [-0.2, -0.15) is 0 Å². The van der Waals surface area contributed by atoms with E-state index >= 15 is 0 Å². The van der Waals surface area contributed by atoms with Crippen LogP contribution in [0, 0.1) is 17.5 Å². The molecule has 10 heteroatoms. The molecule has 0 fully saturated rings. The highest BCUT2D eigenvalue weighted by atomic mass is 19.2. The molecule has 0 saturated heterocycles. The van der Waals surface area contributed by atoms with E-state index in [9.17, 15) is 27.6 Å². The second kappa shape index (κ2) is 10.4. The van der Waals surface area contributed by atoms with Crippen LogP contribution in [0.15, 0.2) is 41.2 Å². The Labute approximate surface area is 188 Å². The molecule has 1 aromatic heterocycles. The quantitative estimate of drug-likeness (QED) is 0.495. The molecule has 3 aromatic rings. The molecule has 33 heavy (non-hydrogen) atoms. The Bertz CT molecular complexity index is 1240. The third-order valence-electron chi connectivity index (χ3n) is 5.28. The number of fused-ring (bicyclic) bond motifs is 1. The van der Waals surface area contributed by atoms with Crippen LogP contribution in [0.1, 0.15) is 26.7 Å². The average molecular weight is 462 g/mol. The lowest BCUT2D eigenvalue weighted by atomic mass is 10.2. The van der Waals surface area contributed by atoms with Crippen LogP contribution in [0.2, 0.25) is 0 Å². The van der Waals surface area contributed by atoms with Crippen LogP contribution in [0.25, 0.3) is 11.0 Å². The Morgan fingerprint density at radius 3 is 2.27 bits per heavy atom. The zero-order valence-corrected chi connectivity index (χ0v) is 18.4. The molecule has 0 aliphatic rings. The third-order valence-corrected chi connectivity index (χ3v) is 5.28. The molecule has 1 N–H and O–H groups in total. The van der Waals surface area contributed by atoms with Crippen molar-refractivity contribution in [3.8, 4) is 0 Å². The van der Waals surface area contributed by atoms with Crippen LogP contribution in [0.3, 0.4) is 0 Å². The summed E-state index contributed by atoms with van der Waals surface area (Å²) >= 11 is 0. The highest BCUT2D eigenvalue weighted by Crippen LogP contribution is 2.19. The van der Waals surface area contributed by atoms with Gasteiger partial charge in [0.1, 0.15) is 0 Å². The van der Waals surface area contributed by atoms with Gasteiger partial charge in [-0.1, -0.05) is 19.1 Å². The molecule has 2 amide bonds. The summed E-state index contributed by atoms with van der Waals surface area (Å²) in [6, 6.07) is 8.90. The molecule has 0 spiro atoms. The van der Waals surface area contributed by atoms with Gasteiger partial charge in [0.05, 0.1) is 23.3 Å². The maximum absolute atomic E-state index is 13.8. The number of aryl methyl sites for hydroxylation is 2. The second-order valence-corrected chi connectivity index (χ2v) is 7.50. The molecule has 0 saturated carbocycles. The van der Waals surface area contributed by atoms with Crippen molar-refractivity contribution in [2.45, 2.75) is 39.8 Å². The Balaban J connectivity index is 1.70. The van der Waals surface area contributed by atoms with E-state index in [0.29, 0.717) is 24.5 Å². The summed E-state index contributed by atoms with van der Waals surface area (Å²) in [4.78, 5) is 39.2. The molecule has 0 atom stereocenters. The number of carbonyl (C=O) groups is 2. The van der Waals surface area contributed by atoms with Crippen LogP contribution in [-0.2, 0) is 22.7 Å². The topological polar surface area (TPSA) is 76.3 Å². The van der Waals surface area contributed by atoms with E-state index in [1.165, 1.54) is 9.47 Å². The summed E-state index contributed by atoms with van der Waals surface area (Å²) in [7, 11) is 0. The van der Waals surface area contributed by atoms with Crippen molar-refractivity contribution >= 4 is 28.5 Å². The van der Waals surface area contributed by atoms with E-state index in [1.807, 2.05) is 32.0 Å². The summed E-state index contributed by atoms with van der Waals surface area (Å²) in [5.41, 5.74) is 0.753. The molecule has 2 aromatic carbocycles. The monoisotopic (exact) mass is 462 g/mol. The highest BCUT2D eigenvalue weighted by molar-refractivity contribution is 5.94. The van der Waals surface area contributed by atoms with Crippen LogP contribution >= 0.6 is 0 Å². The SMILES string of the molecule is CCCN(CC(=O)Nc1ccc(F)c(F)c1F)C(=O)CCn1c(=O)n(CC)c2ccccc21. The summed E-state index contributed by atoms with van der Waals surface area (Å²) in [5.74, 6) is -5.68. The lowest BCUT2D eigenvalue weighted by Gasteiger charge is -2.22. The number of hydrogen-bond acceptors (Lipinski definition) is 3. The lowest BCUT2D eigenvalue weighted by Crippen LogP contribution is -2.39. The van der Waals surface area contributed by atoms with Crippen molar-refractivity contribution < 1.29 is 22.8 Å². The maximum Gasteiger partial charge on any atom is 0.329 e. The highest BCUT2D eigenvalue weighted by Gasteiger charge is 2.20. The lowest BCUT2D eigenvalue weighted by molar-refractivity contribution is -0.134. The first-order valence-electron chi connectivity index (χ1n) is 10.7. The Hall–Kier alpha value is -3.56. The summed E-state index contributed by atoms with van der Waals surface area (Å²) in [6.45, 7) is 4.18. The Morgan fingerprint density at radius 2 is 1.64 bits per heavy atom. The van der Waals surface area contributed by atoms with Gasteiger partial charge >= 0.3 is 5.69 Å². The number of benzene rings is 2. The molecule has 0 aliphatic carbocycles. The predicted molar refractivity (Wildman–Crippen MR) is 118 cm³/mol. The molecule has 0 unspecified atom stereocenters. The standard InChI is InChI=1S/C23H25F3N4O3/c1-3-12-28(14-19(31)27-16-10-9-15(24)21(25)22(16)26)20(32)11-13-30-18-8-6-5-7-17(18)29(4-2)23(30)33/h5-10H,3-4,11-14H2,1-2H3,(H,27,31). The minimum Gasteiger partial charge on any atom is -0.333 e. The van der Waals surface area contributed by atoms with Gasteiger partial charge in [-0.15, -0.1) is 0 Å². The number of halogens is 3. The number of imidazole rings is 1. The molecule has 3 rings (SSSR count). The summed E-state index contributed by atoms with van der Waals surface area (Å²) in [6.07, 6.45) is 0.540. The van der Waals surface area contributed by atoms with E-state index in [0.717, 1.165) is 11.6 Å². The summed E-state index contributed by atoms with van der Waals surface area (Å²) < 4.78 is 43.4. The van der Waals surface area contributed by atoms with Crippen molar-refractivity contribution in [2.24, 2.45) is 0 Å². The largest absolute Gasteiger partial charge is 0.333 e. The Kier molecular flexibility index (Phi) is 7.57. The zero-order valence-electron chi connectivity index (χ0n) is 18.4. The van der Waals surface area contributed by atoms with Gasteiger partial charge in [0, 0.05) is 26.1 Å². The molecule has 1 heterocycles. The minimum atomic E-state index is -1.69. The van der Waals surface area contributed by atoms with Crippen LogP contribution < -0.4 is 11.0 Å². The van der Waals surface area contributed by atoms with Gasteiger partial charge < -0.3 is 10.2 Å². The number of nitrogens with zero attached hydrogens (tertiary/aromatic N) is 3. The minimum absolute atomic E-state index is 0.0234. The van der Waals surface area contributed by atoms with E-state index < -0.39 is 35.6 Å². The fourth-order valence-electron chi connectivity index (χ4n) is 3.71. The Morgan fingerprint density at radius 1 is 0.970 bits per heavy atom. The van der Waals surface area contributed by atoms with Crippen LogP contribution in [-0.4, -0.2) is 38.9 Å². The molecule has 0 radical (unpaired) electrons. The smallest absolute Gasteiger partial charge is 0.329 e. The van der Waals surface area contributed by atoms with Gasteiger partial charge in [-0.05, 0) is 37.6 Å². The third kappa shape index (κ3) is 5.10. The van der Waals surface area contributed by atoms with Crippen molar-refractivity contribution in [3.05, 3.63) is 64.3 Å². The van der Waals surface area contributed by atoms with E-state index in [2.05, 4.69) is 5.32 Å². The van der Waals surface area contributed by atoms with E-state index in [-0.39, 0.29) is 31.1 Å². The number of hydrogen-bond donors (Lipinski definition) is 1. The zero-order chi connectivity index (χ0) is 24.1. The van der Waals surface area contributed by atoms with E-state index in [4.69, 9.17) is 0 Å².